The highest BCUT2D eigenvalue weighted by Gasteiger charge is 2.70. The fourth-order valence-electron chi connectivity index (χ4n) is 9.19. The van der Waals surface area contributed by atoms with Crippen LogP contribution < -0.4 is 10.2 Å². The number of imide groups is 1. The van der Waals surface area contributed by atoms with Gasteiger partial charge in [0.05, 0.1) is 17.5 Å². The number of hydrogen-bond donors (Lipinski definition) is 3. The Balaban J connectivity index is 0.774. The van der Waals surface area contributed by atoms with Gasteiger partial charge in [-0.2, -0.15) is 5.10 Å². The largest absolute Gasteiger partial charge is 0.357 e. The van der Waals surface area contributed by atoms with Crippen molar-refractivity contribution in [1.29, 1.82) is 0 Å². The molecule has 4 aromatic rings. The minimum atomic E-state index is -2.74. The van der Waals surface area contributed by atoms with Gasteiger partial charge in [-0.05, 0) is 61.4 Å². The van der Waals surface area contributed by atoms with E-state index in [1.807, 2.05) is 41.3 Å². The van der Waals surface area contributed by atoms with Crippen LogP contribution in [-0.4, -0.2) is 99.4 Å². The molecular weight excluding hydrogens is 654 g/mol. The Kier molecular flexibility index (Phi) is 7.57. The molecule has 1 saturated carbocycles. The third-order valence-corrected chi connectivity index (χ3v) is 12.3. The predicted octanol–water partition coefficient (Wildman–Crippen LogP) is 4.83. The fraction of sp³-hybridized carbons (Fsp3) is 0.500. The molecule has 2 unspecified atom stereocenters. The summed E-state index contributed by atoms with van der Waals surface area (Å²) >= 11 is 0. The number of fused-ring (bicyclic) bond motifs is 1. The zero-order chi connectivity index (χ0) is 35.1. The molecule has 3 saturated heterocycles. The molecule has 4 fully saturated rings. The van der Waals surface area contributed by atoms with Crippen molar-refractivity contribution >= 4 is 34.4 Å². The van der Waals surface area contributed by atoms with E-state index in [2.05, 4.69) is 35.3 Å². The second-order valence-corrected chi connectivity index (χ2v) is 15.5. The van der Waals surface area contributed by atoms with Crippen molar-refractivity contribution in [3.05, 3.63) is 65.0 Å². The van der Waals surface area contributed by atoms with Crippen LogP contribution in [0, 0.1) is 11.3 Å². The molecule has 51 heavy (non-hydrogen) atoms. The first-order valence-electron chi connectivity index (χ1n) is 18.2. The molecule has 3 atom stereocenters. The number of rotatable bonds is 6. The summed E-state index contributed by atoms with van der Waals surface area (Å²) in [4.78, 5) is 52.0. The monoisotopic (exact) mass is 696 g/mol. The Bertz CT molecular complexity index is 2030. The Morgan fingerprint density at radius 2 is 1.80 bits per heavy atom. The molecule has 0 spiro atoms. The standard InChI is InChI=1S/C38H42F2N8O3/c1-37-18-27(38(37,39)40)33-30(19-37)44-45-34(33)29-16-23-2-3-24(17-28(23)42-29)36(51)48-14-12-46(13-15-48)21-22-8-10-47(11-9-22)31-6-4-25(20-41-31)26-5-7-32(49)43-35(26)50/h2-4,6,16-17,20,22,26-27,42H,5,7-15,18-19,21H2,1H3,(H,44,45)(H,43,49,50)/t26?,27?,37-/m0/s1. The quantitative estimate of drug-likeness (QED) is 0.246. The number of piperidine rings is 2. The summed E-state index contributed by atoms with van der Waals surface area (Å²) in [6.07, 6.45) is 5.55. The smallest absolute Gasteiger partial charge is 0.260 e. The second kappa shape index (κ2) is 12.0. The van der Waals surface area contributed by atoms with E-state index in [1.54, 1.807) is 13.1 Å². The summed E-state index contributed by atoms with van der Waals surface area (Å²) in [6.45, 7) is 7.52. The van der Waals surface area contributed by atoms with E-state index in [0.29, 0.717) is 67.2 Å². The average Bonchev–Trinajstić information content (AvgIpc) is 3.76. The summed E-state index contributed by atoms with van der Waals surface area (Å²) in [7, 11) is 0. The van der Waals surface area contributed by atoms with Gasteiger partial charge < -0.3 is 14.8 Å². The third-order valence-electron chi connectivity index (χ3n) is 12.3. The minimum absolute atomic E-state index is 0.00248. The molecule has 3 aromatic heterocycles. The lowest BCUT2D eigenvalue weighted by Crippen LogP contribution is -2.59. The topological polar surface area (TPSA) is 130 Å². The maximum atomic E-state index is 15.0. The van der Waals surface area contributed by atoms with Crippen molar-refractivity contribution in [3.8, 4) is 11.4 Å². The van der Waals surface area contributed by atoms with E-state index in [0.717, 1.165) is 73.5 Å². The number of pyridine rings is 1. The fourth-order valence-corrected chi connectivity index (χ4v) is 9.19. The van der Waals surface area contributed by atoms with Crippen LogP contribution in [0.4, 0.5) is 14.6 Å². The Morgan fingerprint density at radius 3 is 2.53 bits per heavy atom. The number of carbonyl (C=O) groups excluding carboxylic acids is 3. The zero-order valence-corrected chi connectivity index (χ0v) is 28.7. The predicted molar refractivity (Wildman–Crippen MR) is 187 cm³/mol. The number of H-pyrrole nitrogens is 2. The highest BCUT2D eigenvalue weighted by molar-refractivity contribution is 6.01. The number of nitrogens with zero attached hydrogens (tertiary/aromatic N) is 5. The van der Waals surface area contributed by atoms with Crippen molar-refractivity contribution in [3.63, 3.8) is 0 Å². The second-order valence-electron chi connectivity index (χ2n) is 15.5. The van der Waals surface area contributed by atoms with Crippen LogP contribution in [0.25, 0.3) is 22.3 Å². The van der Waals surface area contributed by atoms with Crippen LogP contribution in [0.15, 0.2) is 42.6 Å². The summed E-state index contributed by atoms with van der Waals surface area (Å²) in [5.74, 6) is -2.83. The Labute approximate surface area is 294 Å². The van der Waals surface area contributed by atoms with Gasteiger partial charge in [0, 0.05) is 98.0 Å². The van der Waals surface area contributed by atoms with Gasteiger partial charge in [-0.15, -0.1) is 0 Å². The van der Waals surface area contributed by atoms with Crippen LogP contribution in [0.5, 0.6) is 0 Å². The number of benzene rings is 1. The maximum Gasteiger partial charge on any atom is 0.260 e. The normalized spacial score (nSPS) is 26.6. The molecule has 6 heterocycles. The van der Waals surface area contributed by atoms with Gasteiger partial charge in [0.25, 0.3) is 11.8 Å². The van der Waals surface area contributed by atoms with Gasteiger partial charge in [0.15, 0.2) is 0 Å². The molecule has 13 heteroatoms. The minimum Gasteiger partial charge on any atom is -0.357 e. The molecule has 1 aromatic carbocycles. The van der Waals surface area contributed by atoms with Gasteiger partial charge in [-0.1, -0.05) is 19.1 Å². The summed E-state index contributed by atoms with van der Waals surface area (Å²) in [6, 6.07) is 11.5. The molecule has 266 valence electrons. The summed E-state index contributed by atoms with van der Waals surface area (Å²) in [5.41, 5.74) is 3.94. The van der Waals surface area contributed by atoms with E-state index in [4.69, 9.17) is 0 Å². The number of anilines is 1. The number of nitrogens with one attached hydrogen (secondary N) is 3. The van der Waals surface area contributed by atoms with Crippen molar-refractivity contribution in [2.24, 2.45) is 11.3 Å². The number of aromatic amines is 2. The van der Waals surface area contributed by atoms with Gasteiger partial charge in [-0.25, -0.2) is 13.8 Å². The number of amides is 3. The molecule has 10 rings (SSSR count). The van der Waals surface area contributed by atoms with Crippen molar-refractivity contribution in [2.45, 2.75) is 63.2 Å². The van der Waals surface area contributed by atoms with Gasteiger partial charge in [0.1, 0.15) is 11.5 Å². The highest BCUT2D eigenvalue weighted by Crippen LogP contribution is 2.68. The number of carbonyl (C=O) groups is 3. The number of hydrogen-bond acceptors (Lipinski definition) is 7. The first kappa shape index (κ1) is 32.3. The SMILES string of the molecule is C[C@@]12Cc3[nH]nc(-c4cc5ccc(C(=O)N6CCN(CC7CCN(c8ccc(C9CCC(=O)NC9=O)cn8)CC7)CC6)cc5[nH]4)c3C(C1)C2(F)F. The maximum absolute atomic E-state index is 15.0. The average molecular weight is 697 g/mol. The van der Waals surface area contributed by atoms with E-state index < -0.39 is 17.3 Å². The van der Waals surface area contributed by atoms with E-state index in [-0.39, 0.29) is 23.6 Å². The van der Waals surface area contributed by atoms with Crippen molar-refractivity contribution in [1.82, 2.24) is 35.3 Å². The van der Waals surface area contributed by atoms with E-state index in [1.165, 1.54) is 0 Å². The number of piperazine rings is 1. The number of halogens is 2. The number of aromatic nitrogens is 4. The zero-order valence-electron chi connectivity index (χ0n) is 28.7. The van der Waals surface area contributed by atoms with Gasteiger partial charge in [-0.3, -0.25) is 29.7 Å². The molecule has 0 radical (unpaired) electrons. The number of alkyl halides is 2. The Morgan fingerprint density at radius 1 is 1.00 bits per heavy atom. The molecule has 2 bridgehead atoms. The molecule has 3 N–H and O–H groups in total. The molecule has 3 aliphatic heterocycles. The lowest BCUT2D eigenvalue weighted by atomic mass is 9.51. The van der Waals surface area contributed by atoms with Crippen LogP contribution in [-0.2, 0) is 16.0 Å². The van der Waals surface area contributed by atoms with Crippen LogP contribution in [0.2, 0.25) is 0 Å². The van der Waals surface area contributed by atoms with Gasteiger partial charge >= 0.3 is 0 Å². The molecule has 3 aliphatic carbocycles. The van der Waals surface area contributed by atoms with Gasteiger partial charge in [0.2, 0.25) is 11.8 Å². The van der Waals surface area contributed by atoms with E-state index >= 15 is 0 Å². The first-order chi connectivity index (χ1) is 24.6. The van der Waals surface area contributed by atoms with Crippen LogP contribution in [0.1, 0.15) is 78.0 Å². The third kappa shape index (κ3) is 5.42. The van der Waals surface area contributed by atoms with Crippen LogP contribution in [0.3, 0.4) is 0 Å². The summed E-state index contributed by atoms with van der Waals surface area (Å²) < 4.78 is 30.0. The molecule has 3 amide bonds. The van der Waals surface area contributed by atoms with Crippen LogP contribution >= 0.6 is 0 Å². The van der Waals surface area contributed by atoms with E-state index in [9.17, 15) is 23.2 Å². The first-order valence-corrected chi connectivity index (χ1v) is 18.2. The lowest BCUT2D eigenvalue weighted by molar-refractivity contribution is -0.220. The molecular formula is C38H42F2N8O3. The summed E-state index contributed by atoms with van der Waals surface area (Å²) in [5, 5.41) is 10.8. The Hall–Kier alpha value is -4.65. The molecule has 6 aliphatic rings. The lowest BCUT2D eigenvalue weighted by Gasteiger charge is -2.56. The highest BCUT2D eigenvalue weighted by atomic mass is 19.3. The van der Waals surface area contributed by atoms with Crippen molar-refractivity contribution < 1.29 is 23.2 Å². The molecule has 11 nitrogen and oxygen atoms in total. The van der Waals surface area contributed by atoms with Crippen molar-refractivity contribution in [2.75, 3.05) is 50.7 Å².